The number of aromatic nitrogens is 2. The van der Waals surface area contributed by atoms with Gasteiger partial charge >= 0.3 is 0 Å². The Balaban J connectivity index is 2.62. The lowest BCUT2D eigenvalue weighted by Gasteiger charge is -2.08. The monoisotopic (exact) mass is 228 g/mol. The van der Waals surface area contributed by atoms with Gasteiger partial charge in [0.1, 0.15) is 12.0 Å². The zero-order valence-corrected chi connectivity index (χ0v) is 9.68. The Bertz CT molecular complexity index is 553. The molecule has 0 atom stereocenters. The Morgan fingerprint density at radius 1 is 1.24 bits per heavy atom. The van der Waals surface area contributed by atoms with E-state index in [0.29, 0.717) is 17.1 Å². The molecular weight excluding hydrogens is 216 g/mol. The molecule has 0 spiro atoms. The molecule has 1 aromatic heterocycles. The molecule has 2 aromatic rings. The van der Waals surface area contributed by atoms with Crippen LogP contribution < -0.4 is 4.74 Å². The van der Waals surface area contributed by atoms with Gasteiger partial charge < -0.3 is 4.74 Å². The summed E-state index contributed by atoms with van der Waals surface area (Å²) in [4.78, 5) is 19.1. The lowest BCUT2D eigenvalue weighted by Crippen LogP contribution is -1.96. The predicted octanol–water partition coefficient (Wildman–Crippen LogP) is 2.27. The summed E-state index contributed by atoms with van der Waals surface area (Å²) in [5.74, 6) is 0.457. The molecule has 17 heavy (non-hydrogen) atoms. The van der Waals surface area contributed by atoms with E-state index in [1.165, 1.54) is 0 Å². The third kappa shape index (κ3) is 2.15. The summed E-state index contributed by atoms with van der Waals surface area (Å²) in [6.07, 6.45) is 3.98. The number of carbonyl (C=O) groups excluding carboxylic acids is 1. The fourth-order valence-electron chi connectivity index (χ4n) is 1.63. The normalized spacial score (nSPS) is 10.0. The van der Waals surface area contributed by atoms with E-state index in [1.807, 2.05) is 13.0 Å². The fourth-order valence-corrected chi connectivity index (χ4v) is 1.63. The number of rotatable bonds is 3. The zero-order valence-electron chi connectivity index (χ0n) is 9.68. The summed E-state index contributed by atoms with van der Waals surface area (Å²) >= 11 is 0. The molecule has 0 fully saturated rings. The van der Waals surface area contributed by atoms with E-state index >= 15 is 0 Å². The first-order valence-electron chi connectivity index (χ1n) is 5.17. The van der Waals surface area contributed by atoms with E-state index in [2.05, 4.69) is 9.97 Å². The molecule has 0 unspecified atom stereocenters. The predicted molar refractivity (Wildman–Crippen MR) is 64.1 cm³/mol. The van der Waals surface area contributed by atoms with Crippen molar-refractivity contribution in [3.8, 4) is 17.1 Å². The van der Waals surface area contributed by atoms with Crippen molar-refractivity contribution in [3.05, 3.63) is 41.7 Å². The van der Waals surface area contributed by atoms with Crippen molar-refractivity contribution in [3.63, 3.8) is 0 Å². The van der Waals surface area contributed by atoms with Crippen LogP contribution in [0.5, 0.6) is 5.88 Å². The Morgan fingerprint density at radius 3 is 2.71 bits per heavy atom. The van der Waals surface area contributed by atoms with E-state index in [1.54, 1.807) is 31.6 Å². The first-order valence-corrected chi connectivity index (χ1v) is 5.17. The molecule has 0 aliphatic rings. The smallest absolute Gasteiger partial charge is 0.240 e. The third-order valence-corrected chi connectivity index (χ3v) is 2.51. The molecule has 0 amide bonds. The molecule has 4 heteroatoms. The van der Waals surface area contributed by atoms with Crippen LogP contribution in [-0.4, -0.2) is 23.4 Å². The highest BCUT2D eigenvalue weighted by Gasteiger charge is 2.11. The van der Waals surface area contributed by atoms with Crippen molar-refractivity contribution >= 4 is 6.29 Å². The maximum absolute atomic E-state index is 10.8. The third-order valence-electron chi connectivity index (χ3n) is 2.51. The Hall–Kier alpha value is -2.23. The Kier molecular flexibility index (Phi) is 3.14. The number of nitrogens with zero attached hydrogens (tertiary/aromatic N) is 2. The minimum Gasteiger partial charge on any atom is -0.479 e. The number of carbonyl (C=O) groups is 1. The summed E-state index contributed by atoms with van der Waals surface area (Å²) in [6.45, 7) is 1.96. The molecule has 4 nitrogen and oxygen atoms in total. The van der Waals surface area contributed by atoms with Crippen LogP contribution in [0.4, 0.5) is 0 Å². The minimum absolute atomic E-state index is 0.457. The Morgan fingerprint density at radius 2 is 2.00 bits per heavy atom. The molecule has 2 rings (SSSR count). The van der Waals surface area contributed by atoms with Gasteiger partial charge in [-0.3, -0.25) is 4.79 Å². The Labute approximate surface area is 99.3 Å². The van der Waals surface area contributed by atoms with Gasteiger partial charge in [0.05, 0.1) is 7.11 Å². The SMILES string of the molecule is COc1nccnc1-c1cc(C=O)ccc1C. The maximum Gasteiger partial charge on any atom is 0.240 e. The van der Waals surface area contributed by atoms with E-state index < -0.39 is 0 Å². The number of methoxy groups -OCH3 is 1. The molecule has 1 aromatic carbocycles. The van der Waals surface area contributed by atoms with E-state index in [-0.39, 0.29) is 0 Å². The minimum atomic E-state index is 0.457. The van der Waals surface area contributed by atoms with Crippen LogP contribution in [0.25, 0.3) is 11.3 Å². The molecule has 0 bridgehead atoms. The van der Waals surface area contributed by atoms with Crippen molar-refractivity contribution in [2.24, 2.45) is 0 Å². The van der Waals surface area contributed by atoms with Gasteiger partial charge in [-0.15, -0.1) is 0 Å². The van der Waals surface area contributed by atoms with Crippen LogP contribution in [0.15, 0.2) is 30.6 Å². The quantitative estimate of drug-likeness (QED) is 0.756. The fraction of sp³-hybridized carbons (Fsp3) is 0.154. The van der Waals surface area contributed by atoms with Crippen molar-refractivity contribution in [1.82, 2.24) is 9.97 Å². The van der Waals surface area contributed by atoms with Crippen molar-refractivity contribution < 1.29 is 9.53 Å². The van der Waals surface area contributed by atoms with Crippen molar-refractivity contribution in [2.45, 2.75) is 6.92 Å². The number of hydrogen-bond acceptors (Lipinski definition) is 4. The van der Waals surface area contributed by atoms with E-state index in [0.717, 1.165) is 17.4 Å². The lowest BCUT2D eigenvalue weighted by molar-refractivity contribution is 0.112. The highest BCUT2D eigenvalue weighted by Crippen LogP contribution is 2.28. The lowest BCUT2D eigenvalue weighted by atomic mass is 10.0. The molecule has 0 saturated carbocycles. The molecule has 86 valence electrons. The number of ether oxygens (including phenoxy) is 1. The van der Waals surface area contributed by atoms with Crippen LogP contribution >= 0.6 is 0 Å². The van der Waals surface area contributed by atoms with Crippen molar-refractivity contribution in [1.29, 1.82) is 0 Å². The van der Waals surface area contributed by atoms with Crippen LogP contribution in [0.2, 0.25) is 0 Å². The summed E-state index contributed by atoms with van der Waals surface area (Å²) in [7, 11) is 1.55. The zero-order chi connectivity index (χ0) is 12.3. The molecule has 0 radical (unpaired) electrons. The highest BCUT2D eigenvalue weighted by molar-refractivity contribution is 5.80. The summed E-state index contributed by atoms with van der Waals surface area (Å²) in [5.41, 5.74) is 3.14. The van der Waals surface area contributed by atoms with Gasteiger partial charge in [-0.05, 0) is 18.6 Å². The topological polar surface area (TPSA) is 52.1 Å². The standard InChI is InChI=1S/C13H12N2O2/c1-9-3-4-10(8-16)7-11(9)12-13(17-2)15-6-5-14-12/h3-8H,1-2H3. The van der Waals surface area contributed by atoms with E-state index in [9.17, 15) is 4.79 Å². The van der Waals surface area contributed by atoms with Crippen LogP contribution in [-0.2, 0) is 0 Å². The van der Waals surface area contributed by atoms with Gasteiger partial charge in [0.15, 0.2) is 0 Å². The van der Waals surface area contributed by atoms with Gasteiger partial charge in [0, 0.05) is 23.5 Å². The van der Waals surface area contributed by atoms with Gasteiger partial charge in [0.25, 0.3) is 0 Å². The number of benzene rings is 1. The number of hydrogen-bond donors (Lipinski definition) is 0. The summed E-state index contributed by atoms with van der Waals surface area (Å²) < 4.78 is 5.17. The van der Waals surface area contributed by atoms with E-state index in [4.69, 9.17) is 4.74 Å². The molecule has 1 heterocycles. The first kappa shape index (κ1) is 11.3. The summed E-state index contributed by atoms with van der Waals surface area (Å²) in [5, 5.41) is 0. The average Bonchev–Trinajstić information content (AvgIpc) is 2.39. The first-order chi connectivity index (χ1) is 8.26. The molecule has 0 N–H and O–H groups in total. The molecule has 0 aliphatic carbocycles. The molecule has 0 aliphatic heterocycles. The number of aryl methyl sites for hydroxylation is 1. The molecular formula is C13H12N2O2. The highest BCUT2D eigenvalue weighted by atomic mass is 16.5. The van der Waals surface area contributed by atoms with Gasteiger partial charge in [-0.2, -0.15) is 0 Å². The largest absolute Gasteiger partial charge is 0.479 e. The average molecular weight is 228 g/mol. The summed E-state index contributed by atoms with van der Waals surface area (Å²) in [6, 6.07) is 5.44. The molecule has 0 saturated heterocycles. The van der Waals surface area contributed by atoms with Crippen LogP contribution in [0.3, 0.4) is 0 Å². The van der Waals surface area contributed by atoms with Gasteiger partial charge in [-0.1, -0.05) is 12.1 Å². The van der Waals surface area contributed by atoms with Crippen LogP contribution in [0, 0.1) is 6.92 Å². The second-order valence-electron chi connectivity index (χ2n) is 3.61. The maximum atomic E-state index is 10.8. The second-order valence-corrected chi connectivity index (χ2v) is 3.61. The van der Waals surface area contributed by atoms with Crippen LogP contribution in [0.1, 0.15) is 15.9 Å². The van der Waals surface area contributed by atoms with Crippen molar-refractivity contribution in [2.75, 3.05) is 7.11 Å². The second kappa shape index (κ2) is 4.74. The van der Waals surface area contributed by atoms with Gasteiger partial charge in [-0.25, -0.2) is 9.97 Å². The van der Waals surface area contributed by atoms with Gasteiger partial charge in [0.2, 0.25) is 5.88 Å². The number of aldehydes is 1.